The quantitative estimate of drug-likeness (QED) is 0.637. The Hall–Kier alpha value is -0.560. The van der Waals surface area contributed by atoms with Gasteiger partial charge in [0.15, 0.2) is 10.9 Å². The van der Waals surface area contributed by atoms with Crippen LogP contribution in [0.1, 0.15) is 13.3 Å². The predicted octanol–water partition coefficient (Wildman–Crippen LogP) is 1.95. The van der Waals surface area contributed by atoms with Crippen LogP contribution in [-0.2, 0) is 14.3 Å². The van der Waals surface area contributed by atoms with E-state index in [0.717, 1.165) is 0 Å². The molecule has 0 amide bonds. The standard InChI is InChI=1S/C12H17F3O3S/c1-6-10(16)9(7-5-8(7)12(13,14)15)11(17)19(6)4-3-18-2/h6-9,19H,3-5H2,1-2H3. The van der Waals surface area contributed by atoms with Gasteiger partial charge in [-0.05, 0) is 19.3 Å². The highest BCUT2D eigenvalue weighted by Crippen LogP contribution is 2.59. The Kier molecular flexibility index (Phi) is 3.97. The van der Waals surface area contributed by atoms with Crippen molar-refractivity contribution in [3.63, 3.8) is 0 Å². The van der Waals surface area contributed by atoms with Crippen LogP contribution in [0.2, 0.25) is 0 Å². The number of thiol groups is 1. The Morgan fingerprint density at radius 3 is 2.47 bits per heavy atom. The van der Waals surface area contributed by atoms with Gasteiger partial charge in [0.05, 0.1) is 18.4 Å². The van der Waals surface area contributed by atoms with E-state index in [4.69, 9.17) is 4.74 Å². The van der Waals surface area contributed by atoms with Crippen LogP contribution in [0.3, 0.4) is 0 Å². The SMILES string of the molecule is COCC[SH]1C(=O)C(C2CC2C(F)(F)F)C(=O)C1C. The Morgan fingerprint density at radius 1 is 1.37 bits per heavy atom. The number of hydrogen-bond donors (Lipinski definition) is 1. The van der Waals surface area contributed by atoms with E-state index in [1.807, 2.05) is 0 Å². The van der Waals surface area contributed by atoms with Crippen molar-refractivity contribution >= 4 is 21.8 Å². The molecule has 3 nitrogen and oxygen atoms in total. The molecule has 5 atom stereocenters. The lowest BCUT2D eigenvalue weighted by Gasteiger charge is -2.16. The van der Waals surface area contributed by atoms with Crippen LogP contribution in [0.4, 0.5) is 13.2 Å². The lowest BCUT2D eigenvalue weighted by molar-refractivity contribution is -0.153. The molecule has 0 aromatic rings. The summed E-state index contributed by atoms with van der Waals surface area (Å²) in [5.41, 5.74) is 0. The molecule has 5 unspecified atom stereocenters. The maximum absolute atomic E-state index is 12.6. The second kappa shape index (κ2) is 5.09. The summed E-state index contributed by atoms with van der Waals surface area (Å²) in [6.45, 7) is 2.03. The van der Waals surface area contributed by atoms with Gasteiger partial charge in [-0.1, -0.05) is 0 Å². The Labute approximate surface area is 112 Å². The van der Waals surface area contributed by atoms with Crippen LogP contribution in [0, 0.1) is 17.8 Å². The summed E-state index contributed by atoms with van der Waals surface area (Å²) in [7, 11) is 0.320. The summed E-state index contributed by atoms with van der Waals surface area (Å²) in [4.78, 5) is 24.2. The van der Waals surface area contributed by atoms with Gasteiger partial charge in [-0.2, -0.15) is 24.1 Å². The van der Waals surface area contributed by atoms with Gasteiger partial charge in [-0.3, -0.25) is 9.59 Å². The van der Waals surface area contributed by atoms with Crippen LogP contribution in [0.25, 0.3) is 0 Å². The number of halogens is 3. The Balaban J connectivity index is 2.07. The average molecular weight is 298 g/mol. The molecule has 110 valence electrons. The summed E-state index contributed by atoms with van der Waals surface area (Å²) >= 11 is 0. The fourth-order valence-corrected chi connectivity index (χ4v) is 5.26. The highest BCUT2D eigenvalue weighted by atomic mass is 32.2. The van der Waals surface area contributed by atoms with Gasteiger partial charge in [-0.15, -0.1) is 0 Å². The zero-order valence-corrected chi connectivity index (χ0v) is 11.6. The third kappa shape index (κ3) is 2.67. The van der Waals surface area contributed by atoms with Crippen LogP contribution in [0.5, 0.6) is 0 Å². The zero-order valence-electron chi connectivity index (χ0n) is 10.7. The number of hydrogen-bond acceptors (Lipinski definition) is 3. The molecule has 0 aromatic carbocycles. The first-order valence-electron chi connectivity index (χ1n) is 6.19. The Morgan fingerprint density at radius 2 is 2.00 bits per heavy atom. The van der Waals surface area contributed by atoms with E-state index in [-0.39, 0.29) is 17.3 Å². The minimum Gasteiger partial charge on any atom is -0.384 e. The van der Waals surface area contributed by atoms with E-state index in [2.05, 4.69) is 0 Å². The van der Waals surface area contributed by atoms with Crippen molar-refractivity contribution in [2.75, 3.05) is 19.5 Å². The largest absolute Gasteiger partial charge is 0.392 e. The molecule has 0 bridgehead atoms. The topological polar surface area (TPSA) is 43.4 Å². The molecular formula is C12H17F3O3S. The first kappa shape index (κ1) is 14.8. The number of Topliss-reactive ketones (excluding diaryl/α,β-unsaturated/α-hetero) is 1. The first-order chi connectivity index (χ1) is 8.79. The minimum absolute atomic E-state index is 0.0776. The zero-order chi connectivity index (χ0) is 14.4. The van der Waals surface area contributed by atoms with Crippen LogP contribution in [-0.4, -0.2) is 41.8 Å². The molecule has 0 radical (unpaired) electrons. The van der Waals surface area contributed by atoms with Crippen LogP contribution >= 0.6 is 10.9 Å². The number of carbonyl (C=O) groups excluding carboxylic acids is 2. The molecule has 1 heterocycles. The fourth-order valence-electron chi connectivity index (χ4n) is 2.75. The molecule has 0 aromatic heterocycles. The molecule has 2 aliphatic rings. The van der Waals surface area contributed by atoms with E-state index in [9.17, 15) is 22.8 Å². The highest BCUT2D eigenvalue weighted by molar-refractivity contribution is 8.31. The number of methoxy groups -OCH3 is 1. The van der Waals surface area contributed by atoms with Gasteiger partial charge < -0.3 is 4.74 Å². The second-order valence-corrected chi connectivity index (χ2v) is 7.73. The van der Waals surface area contributed by atoms with Gasteiger partial charge in [-0.25, -0.2) is 0 Å². The average Bonchev–Trinajstić information content (AvgIpc) is 3.05. The summed E-state index contributed by atoms with van der Waals surface area (Å²) in [6.07, 6.45) is -4.36. The molecule has 0 N–H and O–H groups in total. The van der Waals surface area contributed by atoms with Crippen LogP contribution < -0.4 is 0 Å². The van der Waals surface area contributed by atoms with Gasteiger partial charge in [0.25, 0.3) is 0 Å². The molecule has 7 heteroatoms. The second-order valence-electron chi connectivity index (χ2n) is 5.13. The maximum atomic E-state index is 12.6. The van der Waals surface area contributed by atoms with Crippen molar-refractivity contribution < 1.29 is 27.5 Å². The smallest absolute Gasteiger partial charge is 0.384 e. The molecule has 0 spiro atoms. The van der Waals surface area contributed by atoms with Gasteiger partial charge >= 0.3 is 6.18 Å². The monoisotopic (exact) mass is 298 g/mol. The number of alkyl halides is 3. The van der Waals surface area contributed by atoms with E-state index in [0.29, 0.717) is 12.4 Å². The lowest BCUT2D eigenvalue weighted by atomic mass is 9.97. The third-order valence-electron chi connectivity index (χ3n) is 3.96. The van der Waals surface area contributed by atoms with E-state index in [1.165, 1.54) is 7.11 Å². The van der Waals surface area contributed by atoms with E-state index in [1.54, 1.807) is 6.92 Å². The summed E-state index contributed by atoms with van der Waals surface area (Å²) < 4.78 is 42.6. The molecule has 1 aliphatic carbocycles. The predicted molar refractivity (Wildman–Crippen MR) is 66.3 cm³/mol. The van der Waals surface area contributed by atoms with Crippen molar-refractivity contribution in [1.29, 1.82) is 0 Å². The normalized spacial score (nSPS) is 40.8. The van der Waals surface area contributed by atoms with Gasteiger partial charge in [0.2, 0.25) is 0 Å². The molecular weight excluding hydrogens is 281 g/mol. The van der Waals surface area contributed by atoms with Crippen molar-refractivity contribution in [3.05, 3.63) is 0 Å². The van der Waals surface area contributed by atoms with Gasteiger partial charge in [0, 0.05) is 18.1 Å². The summed E-state index contributed by atoms with van der Waals surface area (Å²) in [5.74, 6) is -3.10. The summed E-state index contributed by atoms with van der Waals surface area (Å²) in [6, 6.07) is 0. The van der Waals surface area contributed by atoms with E-state index < -0.39 is 40.1 Å². The highest BCUT2D eigenvalue weighted by Gasteiger charge is 2.63. The van der Waals surface area contributed by atoms with Crippen LogP contribution in [0.15, 0.2) is 0 Å². The molecule has 2 fully saturated rings. The number of ketones is 1. The van der Waals surface area contributed by atoms with E-state index >= 15 is 0 Å². The minimum atomic E-state index is -4.29. The number of ether oxygens (including phenoxy) is 1. The number of rotatable bonds is 4. The van der Waals surface area contributed by atoms with Gasteiger partial charge in [0.1, 0.15) is 0 Å². The first-order valence-corrected chi connectivity index (χ1v) is 7.78. The molecule has 2 rings (SSSR count). The van der Waals surface area contributed by atoms with Crippen molar-refractivity contribution in [2.45, 2.75) is 24.8 Å². The van der Waals surface area contributed by atoms with Crippen molar-refractivity contribution in [3.8, 4) is 0 Å². The molecule has 1 saturated carbocycles. The fraction of sp³-hybridized carbons (Fsp3) is 0.833. The molecule has 19 heavy (non-hydrogen) atoms. The lowest BCUT2D eigenvalue weighted by Crippen LogP contribution is -2.24. The number of carbonyl (C=O) groups is 2. The molecule has 1 aliphatic heterocycles. The maximum Gasteiger partial charge on any atom is 0.392 e. The third-order valence-corrected chi connectivity index (χ3v) is 6.66. The Bertz CT molecular complexity index is 396. The van der Waals surface area contributed by atoms with Crippen molar-refractivity contribution in [1.82, 2.24) is 0 Å². The molecule has 1 saturated heterocycles. The summed E-state index contributed by atoms with van der Waals surface area (Å²) in [5, 5.41) is -0.668. The van der Waals surface area contributed by atoms with Crippen molar-refractivity contribution in [2.24, 2.45) is 17.8 Å².